The molecule has 3 aromatic rings. The molecular formula is C16H14N2S2. The summed E-state index contributed by atoms with van der Waals surface area (Å²) in [5, 5.41) is 1.32. The Balaban J connectivity index is 2.16. The van der Waals surface area contributed by atoms with E-state index in [0.717, 1.165) is 5.70 Å². The van der Waals surface area contributed by atoms with Gasteiger partial charge < -0.3 is 4.90 Å². The number of allylic oxidation sites excluding steroid dienone is 1. The van der Waals surface area contributed by atoms with E-state index in [1.165, 1.54) is 30.1 Å². The maximum atomic E-state index is 7.01. The third-order valence-corrected chi connectivity index (χ3v) is 5.53. The third kappa shape index (κ3) is 2.20. The van der Waals surface area contributed by atoms with Crippen molar-refractivity contribution in [3.8, 4) is 0 Å². The van der Waals surface area contributed by atoms with Crippen molar-refractivity contribution in [2.45, 2.75) is 6.92 Å². The van der Waals surface area contributed by atoms with E-state index in [9.17, 15) is 0 Å². The largest absolute Gasteiger partial charge is 0.378 e. The summed E-state index contributed by atoms with van der Waals surface area (Å²) in [5.41, 5.74) is 1.97. The van der Waals surface area contributed by atoms with Gasteiger partial charge in [0.1, 0.15) is 0 Å². The third-order valence-electron chi connectivity index (χ3n) is 3.19. The monoisotopic (exact) mass is 298 g/mol. The van der Waals surface area contributed by atoms with Gasteiger partial charge in [-0.3, -0.25) is 0 Å². The number of anilines is 1. The first-order chi connectivity index (χ1) is 9.58. The fourth-order valence-electron chi connectivity index (χ4n) is 2.14. The number of fused-ring (bicyclic) bond motifs is 3. The van der Waals surface area contributed by atoms with Crippen LogP contribution in [0.25, 0.3) is 30.4 Å². The maximum absolute atomic E-state index is 7.01. The van der Waals surface area contributed by atoms with Crippen molar-refractivity contribution in [2.75, 3.05) is 19.0 Å². The molecule has 0 aliphatic rings. The summed E-state index contributed by atoms with van der Waals surface area (Å²) >= 11 is 3.59. The van der Waals surface area contributed by atoms with Crippen LogP contribution in [0.5, 0.6) is 0 Å². The van der Waals surface area contributed by atoms with Crippen molar-refractivity contribution in [1.82, 2.24) is 0 Å². The number of rotatable bonds is 2. The molecule has 1 aromatic carbocycles. The lowest BCUT2D eigenvalue weighted by molar-refractivity contribution is 1.14. The molecule has 0 saturated heterocycles. The summed E-state index contributed by atoms with van der Waals surface area (Å²) in [6.45, 7) is 8.86. The molecule has 0 spiro atoms. The molecule has 0 amide bonds. The zero-order valence-corrected chi connectivity index (χ0v) is 13.2. The molecule has 100 valence electrons. The van der Waals surface area contributed by atoms with Gasteiger partial charge in [0, 0.05) is 39.4 Å². The quantitative estimate of drug-likeness (QED) is 0.570. The highest BCUT2D eigenvalue weighted by molar-refractivity contribution is 7.33. The zero-order valence-electron chi connectivity index (χ0n) is 11.6. The molecule has 2 aromatic heterocycles. The van der Waals surface area contributed by atoms with Crippen molar-refractivity contribution in [1.29, 1.82) is 0 Å². The molecule has 2 nitrogen and oxygen atoms in total. The SMILES string of the molecule is [C-]#[N+]/C(C)=C\c1cc2sc3cc(N(C)C)ccc3c2s1. The van der Waals surface area contributed by atoms with E-state index in [1.54, 1.807) is 11.3 Å². The van der Waals surface area contributed by atoms with Crippen molar-refractivity contribution >= 4 is 53.9 Å². The lowest BCUT2D eigenvalue weighted by Gasteiger charge is -2.11. The zero-order chi connectivity index (χ0) is 14.3. The van der Waals surface area contributed by atoms with Crippen molar-refractivity contribution in [3.63, 3.8) is 0 Å². The lowest BCUT2D eigenvalue weighted by Crippen LogP contribution is -2.07. The molecule has 0 unspecified atom stereocenters. The molecular weight excluding hydrogens is 284 g/mol. The first-order valence-corrected chi connectivity index (χ1v) is 7.91. The van der Waals surface area contributed by atoms with Gasteiger partial charge in [0.05, 0.1) is 11.3 Å². The Morgan fingerprint density at radius 2 is 2.00 bits per heavy atom. The van der Waals surface area contributed by atoms with Crippen LogP contribution in [0.3, 0.4) is 0 Å². The van der Waals surface area contributed by atoms with E-state index >= 15 is 0 Å². The Bertz CT molecular complexity index is 860. The summed E-state index contributed by atoms with van der Waals surface area (Å²) in [6.07, 6.45) is 1.96. The van der Waals surface area contributed by atoms with E-state index in [4.69, 9.17) is 6.57 Å². The lowest BCUT2D eigenvalue weighted by atomic mass is 10.2. The Kier molecular flexibility index (Phi) is 3.25. The van der Waals surface area contributed by atoms with E-state index in [2.05, 4.69) is 48.1 Å². The number of nitrogens with zero attached hydrogens (tertiary/aromatic N) is 2. The molecule has 0 atom stereocenters. The van der Waals surface area contributed by atoms with E-state index in [0.29, 0.717) is 0 Å². The summed E-state index contributed by atoms with van der Waals surface area (Å²) < 4.78 is 3.97. The molecule has 3 rings (SSSR count). The minimum Gasteiger partial charge on any atom is -0.378 e. The Hall–Kier alpha value is -1.83. The van der Waals surface area contributed by atoms with E-state index in [1.807, 2.05) is 24.3 Å². The minimum absolute atomic E-state index is 0.734. The van der Waals surface area contributed by atoms with Crippen molar-refractivity contribution in [3.05, 3.63) is 46.3 Å². The second-order valence-electron chi connectivity index (χ2n) is 4.92. The fraction of sp³-hybridized carbons (Fsp3) is 0.188. The predicted molar refractivity (Wildman–Crippen MR) is 91.8 cm³/mol. The van der Waals surface area contributed by atoms with Gasteiger partial charge in [-0.25, -0.2) is 4.85 Å². The molecule has 0 N–H and O–H groups in total. The topological polar surface area (TPSA) is 7.60 Å². The van der Waals surface area contributed by atoms with Crippen LogP contribution in [0.1, 0.15) is 11.8 Å². The standard InChI is InChI=1S/C16H14N2S2/c1-10(17-2)7-12-9-15-16(19-12)13-6-5-11(18(3)4)8-14(13)20-15/h5-9H,1,3-4H3/b10-7-. The normalized spacial score (nSPS) is 12.0. The molecule has 0 saturated carbocycles. The molecule has 2 heterocycles. The molecule has 0 radical (unpaired) electrons. The number of thiophene rings is 2. The summed E-state index contributed by atoms with van der Waals surface area (Å²) in [5.74, 6) is 0. The van der Waals surface area contributed by atoms with Crippen LogP contribution < -0.4 is 4.90 Å². The van der Waals surface area contributed by atoms with Crippen LogP contribution in [-0.4, -0.2) is 14.1 Å². The Labute approximate surface area is 126 Å². The minimum atomic E-state index is 0.734. The highest BCUT2D eigenvalue weighted by atomic mass is 32.1. The van der Waals surface area contributed by atoms with E-state index in [-0.39, 0.29) is 0 Å². The maximum Gasteiger partial charge on any atom is 0.163 e. The number of hydrogen-bond acceptors (Lipinski definition) is 3. The Morgan fingerprint density at radius 1 is 1.20 bits per heavy atom. The van der Waals surface area contributed by atoms with Crippen LogP contribution in [-0.2, 0) is 0 Å². The average molecular weight is 298 g/mol. The predicted octanol–water partition coefficient (Wildman–Crippen LogP) is 5.46. The number of hydrogen-bond donors (Lipinski definition) is 0. The van der Waals surface area contributed by atoms with Gasteiger partial charge in [-0.2, -0.15) is 0 Å². The van der Waals surface area contributed by atoms with E-state index < -0.39 is 0 Å². The molecule has 0 bridgehead atoms. The second-order valence-corrected chi connectivity index (χ2v) is 7.08. The second kappa shape index (κ2) is 4.93. The smallest absolute Gasteiger partial charge is 0.163 e. The van der Waals surface area contributed by atoms with Crippen molar-refractivity contribution in [2.24, 2.45) is 0 Å². The van der Waals surface area contributed by atoms with Gasteiger partial charge in [0.15, 0.2) is 5.70 Å². The van der Waals surface area contributed by atoms with Crippen LogP contribution in [0, 0.1) is 6.57 Å². The van der Waals surface area contributed by atoms with Gasteiger partial charge in [0.25, 0.3) is 0 Å². The van der Waals surface area contributed by atoms with Crippen LogP contribution in [0.2, 0.25) is 0 Å². The van der Waals surface area contributed by atoms with Crippen LogP contribution in [0.15, 0.2) is 30.0 Å². The molecule has 0 aliphatic carbocycles. The molecule has 4 heteroatoms. The molecule has 0 aliphatic heterocycles. The molecule has 0 fully saturated rings. The summed E-state index contributed by atoms with van der Waals surface area (Å²) in [7, 11) is 4.13. The van der Waals surface area contributed by atoms with Gasteiger partial charge in [0.2, 0.25) is 0 Å². The summed E-state index contributed by atoms with van der Waals surface area (Å²) in [4.78, 5) is 6.74. The first kappa shape index (κ1) is 13.2. The van der Waals surface area contributed by atoms with Gasteiger partial charge in [-0.1, -0.05) is 6.07 Å². The van der Waals surface area contributed by atoms with Crippen LogP contribution in [0.4, 0.5) is 5.69 Å². The average Bonchev–Trinajstić information content (AvgIpc) is 2.94. The van der Waals surface area contributed by atoms with Crippen LogP contribution >= 0.6 is 22.7 Å². The first-order valence-electron chi connectivity index (χ1n) is 6.27. The van der Waals surface area contributed by atoms with Crippen molar-refractivity contribution < 1.29 is 0 Å². The number of benzene rings is 1. The van der Waals surface area contributed by atoms with Gasteiger partial charge >= 0.3 is 0 Å². The fourth-order valence-corrected chi connectivity index (χ4v) is 4.71. The Morgan fingerprint density at radius 3 is 2.70 bits per heavy atom. The van der Waals surface area contributed by atoms with Gasteiger partial charge in [-0.15, -0.1) is 22.7 Å². The summed E-state index contributed by atoms with van der Waals surface area (Å²) in [6, 6.07) is 8.80. The highest BCUT2D eigenvalue weighted by Crippen LogP contribution is 2.41. The highest BCUT2D eigenvalue weighted by Gasteiger charge is 2.09. The molecule has 20 heavy (non-hydrogen) atoms. The van der Waals surface area contributed by atoms with Gasteiger partial charge in [-0.05, 0) is 31.2 Å².